The molecular formula is C14H19ClN2O2S. The summed E-state index contributed by atoms with van der Waals surface area (Å²) < 4.78 is 0. The lowest BCUT2D eigenvalue weighted by Crippen LogP contribution is -2.27. The minimum atomic E-state index is -0.212. The molecule has 0 bridgehead atoms. The standard InChI is InChI=1S/C14H19ClN2O2S/c1-4-7-16-14(19)11-6-5-10(15)8-12(11)17-13(18)9(2)20-3/h5-6,8-9H,4,7H2,1-3H3,(H,16,19)(H,17,18). The molecule has 4 nitrogen and oxygen atoms in total. The summed E-state index contributed by atoms with van der Waals surface area (Å²) in [4.78, 5) is 24.0. The van der Waals surface area contributed by atoms with E-state index in [0.717, 1.165) is 6.42 Å². The van der Waals surface area contributed by atoms with Gasteiger partial charge in [0, 0.05) is 11.6 Å². The number of anilines is 1. The van der Waals surface area contributed by atoms with Crippen molar-refractivity contribution in [1.82, 2.24) is 5.32 Å². The number of benzene rings is 1. The highest BCUT2D eigenvalue weighted by atomic mass is 35.5. The van der Waals surface area contributed by atoms with Crippen molar-refractivity contribution in [2.45, 2.75) is 25.5 Å². The van der Waals surface area contributed by atoms with Crippen molar-refractivity contribution in [2.24, 2.45) is 0 Å². The predicted octanol–water partition coefficient (Wildman–Crippen LogP) is 3.17. The SMILES string of the molecule is CCCNC(=O)c1ccc(Cl)cc1NC(=O)C(C)SC. The fourth-order valence-electron chi connectivity index (χ4n) is 1.49. The molecule has 6 heteroatoms. The summed E-state index contributed by atoms with van der Waals surface area (Å²) in [6, 6.07) is 4.84. The fourth-order valence-corrected chi connectivity index (χ4v) is 1.94. The number of thioether (sulfide) groups is 1. The van der Waals surface area contributed by atoms with Gasteiger partial charge in [0.1, 0.15) is 0 Å². The quantitative estimate of drug-likeness (QED) is 0.848. The zero-order valence-corrected chi connectivity index (χ0v) is 13.4. The van der Waals surface area contributed by atoms with Crippen LogP contribution in [0.15, 0.2) is 18.2 Å². The number of hydrogen-bond donors (Lipinski definition) is 2. The Morgan fingerprint density at radius 3 is 2.70 bits per heavy atom. The van der Waals surface area contributed by atoms with Gasteiger partial charge in [0.15, 0.2) is 0 Å². The van der Waals surface area contributed by atoms with Crippen LogP contribution in [0, 0.1) is 0 Å². The van der Waals surface area contributed by atoms with E-state index in [-0.39, 0.29) is 17.1 Å². The van der Waals surface area contributed by atoms with Gasteiger partial charge in [0.2, 0.25) is 5.91 Å². The van der Waals surface area contributed by atoms with Crippen LogP contribution in [0.25, 0.3) is 0 Å². The number of rotatable bonds is 6. The number of amides is 2. The van der Waals surface area contributed by atoms with Crippen LogP contribution >= 0.6 is 23.4 Å². The van der Waals surface area contributed by atoms with Gasteiger partial charge in [-0.15, -0.1) is 0 Å². The molecule has 0 fully saturated rings. The molecule has 0 heterocycles. The average molecular weight is 315 g/mol. The van der Waals surface area contributed by atoms with Crippen molar-refractivity contribution in [3.63, 3.8) is 0 Å². The number of hydrogen-bond acceptors (Lipinski definition) is 3. The third-order valence-corrected chi connectivity index (χ3v) is 3.90. The average Bonchev–Trinajstić information content (AvgIpc) is 2.43. The van der Waals surface area contributed by atoms with E-state index in [0.29, 0.717) is 22.8 Å². The molecule has 0 saturated heterocycles. The van der Waals surface area contributed by atoms with E-state index in [4.69, 9.17) is 11.6 Å². The summed E-state index contributed by atoms with van der Waals surface area (Å²) >= 11 is 7.37. The molecule has 1 atom stereocenters. The Kier molecular flexibility index (Phi) is 6.88. The second-order valence-electron chi connectivity index (χ2n) is 4.31. The lowest BCUT2D eigenvalue weighted by Gasteiger charge is -2.14. The number of carbonyl (C=O) groups is 2. The second-order valence-corrected chi connectivity index (χ2v) is 5.93. The van der Waals surface area contributed by atoms with E-state index in [1.54, 1.807) is 25.1 Å². The van der Waals surface area contributed by atoms with Gasteiger partial charge in [-0.1, -0.05) is 18.5 Å². The summed E-state index contributed by atoms with van der Waals surface area (Å²) in [6.45, 7) is 4.38. The van der Waals surface area contributed by atoms with Gasteiger partial charge in [-0.05, 0) is 37.8 Å². The normalized spacial score (nSPS) is 11.8. The monoisotopic (exact) mass is 314 g/mol. The van der Waals surface area contributed by atoms with Gasteiger partial charge in [-0.3, -0.25) is 9.59 Å². The minimum absolute atomic E-state index is 0.149. The molecule has 1 aromatic rings. The van der Waals surface area contributed by atoms with Crippen LogP contribution in [0.5, 0.6) is 0 Å². The largest absolute Gasteiger partial charge is 0.352 e. The van der Waals surface area contributed by atoms with Gasteiger partial charge in [-0.2, -0.15) is 11.8 Å². The maximum Gasteiger partial charge on any atom is 0.253 e. The fraction of sp³-hybridized carbons (Fsp3) is 0.429. The highest BCUT2D eigenvalue weighted by molar-refractivity contribution is 7.99. The van der Waals surface area contributed by atoms with E-state index in [2.05, 4.69) is 10.6 Å². The minimum Gasteiger partial charge on any atom is -0.352 e. The molecule has 0 aliphatic heterocycles. The van der Waals surface area contributed by atoms with Crippen molar-refractivity contribution < 1.29 is 9.59 Å². The Balaban J connectivity index is 2.95. The van der Waals surface area contributed by atoms with Gasteiger partial charge in [-0.25, -0.2) is 0 Å². The van der Waals surface area contributed by atoms with Crippen LogP contribution in [0.3, 0.4) is 0 Å². The molecule has 0 aliphatic carbocycles. The Labute approximate surface area is 128 Å². The maximum atomic E-state index is 12.0. The Bertz CT molecular complexity index is 494. The topological polar surface area (TPSA) is 58.2 Å². The molecule has 2 amide bonds. The van der Waals surface area contributed by atoms with E-state index < -0.39 is 0 Å². The lowest BCUT2D eigenvalue weighted by molar-refractivity contribution is -0.115. The molecule has 2 N–H and O–H groups in total. The lowest BCUT2D eigenvalue weighted by atomic mass is 10.1. The van der Waals surface area contributed by atoms with Crippen LogP contribution in [0.1, 0.15) is 30.6 Å². The summed E-state index contributed by atoms with van der Waals surface area (Å²) in [5, 5.41) is 5.82. The molecule has 1 rings (SSSR count). The number of carbonyl (C=O) groups excluding carboxylic acids is 2. The van der Waals surface area contributed by atoms with Crippen molar-refractivity contribution in [2.75, 3.05) is 18.1 Å². The zero-order chi connectivity index (χ0) is 15.1. The first-order chi connectivity index (χ1) is 9.49. The third-order valence-electron chi connectivity index (χ3n) is 2.74. The molecule has 20 heavy (non-hydrogen) atoms. The van der Waals surface area contributed by atoms with E-state index in [9.17, 15) is 9.59 Å². The van der Waals surface area contributed by atoms with Crippen LogP contribution in [-0.2, 0) is 4.79 Å². The van der Waals surface area contributed by atoms with Crippen molar-refractivity contribution >= 4 is 40.9 Å². The summed E-state index contributed by atoms with van der Waals surface area (Å²) in [6.07, 6.45) is 2.71. The molecule has 0 aromatic heterocycles. The molecule has 0 saturated carbocycles. The molecule has 0 radical (unpaired) electrons. The van der Waals surface area contributed by atoms with Crippen LogP contribution < -0.4 is 10.6 Å². The molecule has 0 spiro atoms. The van der Waals surface area contributed by atoms with Gasteiger partial charge >= 0.3 is 0 Å². The van der Waals surface area contributed by atoms with E-state index in [1.165, 1.54) is 11.8 Å². The molecular weight excluding hydrogens is 296 g/mol. The summed E-state index contributed by atoms with van der Waals surface area (Å²) in [5.41, 5.74) is 0.863. The molecule has 1 unspecified atom stereocenters. The highest BCUT2D eigenvalue weighted by Crippen LogP contribution is 2.22. The second kappa shape index (κ2) is 8.17. The first-order valence-electron chi connectivity index (χ1n) is 6.41. The van der Waals surface area contributed by atoms with Crippen molar-refractivity contribution in [3.05, 3.63) is 28.8 Å². The predicted molar refractivity (Wildman–Crippen MR) is 85.7 cm³/mol. The molecule has 110 valence electrons. The van der Waals surface area contributed by atoms with Crippen molar-refractivity contribution in [1.29, 1.82) is 0 Å². The summed E-state index contributed by atoms with van der Waals surface area (Å²) in [7, 11) is 0. The summed E-state index contributed by atoms with van der Waals surface area (Å²) in [5.74, 6) is -0.361. The van der Waals surface area contributed by atoms with Gasteiger partial charge < -0.3 is 10.6 Å². The first-order valence-corrected chi connectivity index (χ1v) is 8.07. The first kappa shape index (κ1) is 16.9. The van der Waals surface area contributed by atoms with E-state index in [1.807, 2.05) is 13.2 Å². The van der Waals surface area contributed by atoms with Gasteiger partial charge in [0.25, 0.3) is 5.91 Å². The third kappa shape index (κ3) is 4.72. The van der Waals surface area contributed by atoms with Crippen molar-refractivity contribution in [3.8, 4) is 0 Å². The van der Waals surface area contributed by atoms with Gasteiger partial charge in [0.05, 0.1) is 16.5 Å². The zero-order valence-electron chi connectivity index (χ0n) is 11.8. The van der Waals surface area contributed by atoms with Crippen LogP contribution in [0.2, 0.25) is 5.02 Å². The molecule has 0 aliphatic rings. The van der Waals surface area contributed by atoms with Crippen LogP contribution in [0.4, 0.5) is 5.69 Å². The number of halogens is 1. The molecule has 1 aromatic carbocycles. The highest BCUT2D eigenvalue weighted by Gasteiger charge is 2.16. The number of nitrogens with one attached hydrogen (secondary N) is 2. The smallest absolute Gasteiger partial charge is 0.253 e. The maximum absolute atomic E-state index is 12.0. The Morgan fingerprint density at radius 2 is 2.10 bits per heavy atom. The van der Waals surface area contributed by atoms with E-state index >= 15 is 0 Å². The Hall–Kier alpha value is -1.20. The Morgan fingerprint density at radius 1 is 1.40 bits per heavy atom. The van der Waals surface area contributed by atoms with Crippen LogP contribution in [-0.4, -0.2) is 29.9 Å².